The molecule has 5 rings (SSSR count). The summed E-state index contributed by atoms with van der Waals surface area (Å²) in [6.07, 6.45) is 3.12. The predicted octanol–water partition coefficient (Wildman–Crippen LogP) is 3.17. The number of nitrogens with one attached hydrogen (secondary N) is 2. The molecule has 8 nitrogen and oxygen atoms in total. The summed E-state index contributed by atoms with van der Waals surface area (Å²) in [4.78, 5) is 20.8. The minimum atomic E-state index is -0.460. The quantitative estimate of drug-likeness (QED) is 0.653. The fourth-order valence-electron chi connectivity index (χ4n) is 4.54. The maximum atomic E-state index is 14.4. The summed E-state index contributed by atoms with van der Waals surface area (Å²) >= 11 is 0. The van der Waals surface area contributed by atoms with E-state index in [1.165, 1.54) is 6.07 Å². The monoisotopic (exact) mass is 441 g/mol. The molecule has 32 heavy (non-hydrogen) atoms. The maximum absolute atomic E-state index is 14.4. The van der Waals surface area contributed by atoms with E-state index in [0.29, 0.717) is 48.9 Å². The number of amides is 2. The summed E-state index contributed by atoms with van der Waals surface area (Å²) in [5.41, 5.74) is 0.918. The Labute approximate surface area is 184 Å². The number of carbonyl (C=O) groups excluding carboxylic acids is 1. The second kappa shape index (κ2) is 8.34. The van der Waals surface area contributed by atoms with Crippen LogP contribution in [0.2, 0.25) is 0 Å². The van der Waals surface area contributed by atoms with Crippen molar-refractivity contribution in [2.45, 2.75) is 31.8 Å². The Morgan fingerprint density at radius 2 is 2.09 bits per heavy atom. The van der Waals surface area contributed by atoms with Gasteiger partial charge in [-0.3, -0.25) is 5.32 Å². The molecule has 0 bridgehead atoms. The highest BCUT2D eigenvalue weighted by Gasteiger charge is 2.30. The third-order valence-electron chi connectivity index (χ3n) is 6.10. The lowest BCUT2D eigenvalue weighted by molar-refractivity contribution is 0.192. The Hall–Kier alpha value is -3.27. The van der Waals surface area contributed by atoms with Crippen LogP contribution >= 0.6 is 0 Å². The van der Waals surface area contributed by atoms with E-state index in [1.807, 2.05) is 24.0 Å². The highest BCUT2D eigenvalue weighted by Crippen LogP contribution is 2.36. The molecule has 0 unspecified atom stereocenters. The van der Waals surface area contributed by atoms with Gasteiger partial charge in [0.25, 0.3) is 0 Å². The standard InChI is InChI=1S/C22H25F2N7O/c1-14-13-29(10-8-25-14)22(32)27-21-12-26-19-6-7-20(28-31(19)21)30-9-2-3-18(30)16-11-15(23)4-5-17(16)24/h4-7,11-12,14,18,25H,2-3,8-10,13H2,1H3,(H,27,32)/t14-,18+/m1/s1. The predicted molar refractivity (Wildman–Crippen MR) is 117 cm³/mol. The van der Waals surface area contributed by atoms with Crippen molar-refractivity contribution in [3.8, 4) is 0 Å². The first-order valence-corrected chi connectivity index (χ1v) is 10.9. The molecule has 0 spiro atoms. The molecule has 2 fully saturated rings. The summed E-state index contributed by atoms with van der Waals surface area (Å²) in [5, 5.41) is 10.9. The number of imidazole rings is 1. The van der Waals surface area contributed by atoms with E-state index in [2.05, 4.69) is 20.7 Å². The van der Waals surface area contributed by atoms with E-state index >= 15 is 0 Å². The van der Waals surface area contributed by atoms with E-state index in [-0.39, 0.29) is 18.1 Å². The Morgan fingerprint density at radius 1 is 1.22 bits per heavy atom. The summed E-state index contributed by atoms with van der Waals surface area (Å²) in [7, 11) is 0. The van der Waals surface area contributed by atoms with Crippen LogP contribution in [-0.4, -0.2) is 57.7 Å². The van der Waals surface area contributed by atoms with Gasteiger partial charge in [-0.25, -0.2) is 18.6 Å². The first-order chi connectivity index (χ1) is 15.5. The van der Waals surface area contributed by atoms with Gasteiger partial charge in [-0.1, -0.05) is 0 Å². The summed E-state index contributed by atoms with van der Waals surface area (Å²) in [5.74, 6) is 0.197. The fraction of sp³-hybridized carbons (Fsp3) is 0.409. The van der Waals surface area contributed by atoms with Gasteiger partial charge in [0.05, 0.1) is 12.2 Å². The number of hydrogen-bond acceptors (Lipinski definition) is 5. The molecular weight excluding hydrogens is 416 g/mol. The minimum Gasteiger partial charge on any atom is -0.348 e. The molecule has 2 amide bonds. The number of piperazine rings is 1. The van der Waals surface area contributed by atoms with Gasteiger partial charge in [0, 0.05) is 37.8 Å². The van der Waals surface area contributed by atoms with Crippen LogP contribution in [0.1, 0.15) is 31.4 Å². The average Bonchev–Trinajstić information content (AvgIpc) is 3.42. The van der Waals surface area contributed by atoms with Crippen molar-refractivity contribution in [1.29, 1.82) is 0 Å². The average molecular weight is 441 g/mol. The zero-order valence-electron chi connectivity index (χ0n) is 17.8. The van der Waals surface area contributed by atoms with Gasteiger partial charge in [0.15, 0.2) is 11.5 Å². The fourth-order valence-corrected chi connectivity index (χ4v) is 4.54. The molecule has 2 aromatic heterocycles. The van der Waals surface area contributed by atoms with Crippen LogP contribution in [0.5, 0.6) is 0 Å². The molecule has 0 radical (unpaired) electrons. The van der Waals surface area contributed by atoms with Crippen molar-refractivity contribution >= 4 is 23.3 Å². The maximum Gasteiger partial charge on any atom is 0.323 e. The van der Waals surface area contributed by atoms with Crippen LogP contribution in [0.25, 0.3) is 5.65 Å². The molecule has 10 heteroatoms. The number of rotatable bonds is 3. The Balaban J connectivity index is 1.42. The lowest BCUT2D eigenvalue weighted by Gasteiger charge is -2.31. The van der Waals surface area contributed by atoms with Crippen molar-refractivity contribution < 1.29 is 13.6 Å². The van der Waals surface area contributed by atoms with Crippen molar-refractivity contribution in [3.63, 3.8) is 0 Å². The molecule has 1 aromatic carbocycles. The molecule has 0 saturated carbocycles. The number of nitrogens with zero attached hydrogens (tertiary/aromatic N) is 5. The van der Waals surface area contributed by atoms with Crippen LogP contribution in [-0.2, 0) is 0 Å². The van der Waals surface area contributed by atoms with Crippen LogP contribution in [0, 0.1) is 11.6 Å². The van der Waals surface area contributed by atoms with E-state index < -0.39 is 11.6 Å². The molecule has 4 heterocycles. The molecule has 0 aliphatic carbocycles. The van der Waals surface area contributed by atoms with E-state index in [9.17, 15) is 13.6 Å². The van der Waals surface area contributed by atoms with Gasteiger partial charge < -0.3 is 15.1 Å². The molecule has 2 N–H and O–H groups in total. The van der Waals surface area contributed by atoms with Crippen molar-refractivity contribution in [1.82, 2.24) is 24.8 Å². The summed E-state index contributed by atoms with van der Waals surface area (Å²) < 4.78 is 29.8. The van der Waals surface area contributed by atoms with Gasteiger partial charge >= 0.3 is 6.03 Å². The molecule has 3 aromatic rings. The SMILES string of the molecule is C[C@@H]1CN(C(=O)Nc2cnc3ccc(N4CCC[C@H]4c4cc(F)ccc4F)nn23)CCN1. The molecule has 2 saturated heterocycles. The van der Waals surface area contributed by atoms with Gasteiger partial charge in [0.2, 0.25) is 0 Å². The normalized spacial score (nSPS) is 21.3. The Morgan fingerprint density at radius 3 is 2.94 bits per heavy atom. The van der Waals surface area contributed by atoms with Crippen molar-refractivity contribution in [2.24, 2.45) is 0 Å². The largest absolute Gasteiger partial charge is 0.348 e. The van der Waals surface area contributed by atoms with Crippen molar-refractivity contribution in [2.75, 3.05) is 36.4 Å². The second-order valence-corrected chi connectivity index (χ2v) is 8.35. The molecule has 168 valence electrons. The zero-order chi connectivity index (χ0) is 22.2. The molecular formula is C22H25F2N7O. The Kier molecular flexibility index (Phi) is 5.38. The number of anilines is 2. The number of benzene rings is 1. The number of aromatic nitrogens is 3. The lowest BCUT2D eigenvalue weighted by atomic mass is 10.0. The van der Waals surface area contributed by atoms with E-state index in [0.717, 1.165) is 25.1 Å². The van der Waals surface area contributed by atoms with Crippen LogP contribution < -0.4 is 15.5 Å². The van der Waals surface area contributed by atoms with Gasteiger partial charge in [0.1, 0.15) is 17.5 Å². The van der Waals surface area contributed by atoms with Gasteiger partial charge in [-0.2, -0.15) is 4.52 Å². The smallest absolute Gasteiger partial charge is 0.323 e. The minimum absolute atomic E-state index is 0.201. The van der Waals surface area contributed by atoms with E-state index in [4.69, 9.17) is 0 Å². The topological polar surface area (TPSA) is 77.8 Å². The Bertz CT molecular complexity index is 1150. The molecule has 2 aliphatic heterocycles. The second-order valence-electron chi connectivity index (χ2n) is 8.35. The highest BCUT2D eigenvalue weighted by atomic mass is 19.1. The van der Waals surface area contributed by atoms with Crippen LogP contribution in [0.15, 0.2) is 36.5 Å². The number of fused-ring (bicyclic) bond motifs is 1. The summed E-state index contributed by atoms with van der Waals surface area (Å²) in [6, 6.07) is 6.91. The molecule has 2 atom stereocenters. The van der Waals surface area contributed by atoms with Crippen LogP contribution in [0.3, 0.4) is 0 Å². The van der Waals surface area contributed by atoms with Crippen molar-refractivity contribution in [3.05, 3.63) is 53.7 Å². The van der Waals surface area contributed by atoms with Gasteiger partial charge in [-0.15, -0.1) is 5.10 Å². The zero-order valence-corrected chi connectivity index (χ0v) is 17.8. The third-order valence-corrected chi connectivity index (χ3v) is 6.10. The third kappa shape index (κ3) is 3.86. The number of urea groups is 1. The first kappa shape index (κ1) is 20.6. The summed E-state index contributed by atoms with van der Waals surface area (Å²) in [6.45, 7) is 4.71. The van der Waals surface area contributed by atoms with E-state index in [1.54, 1.807) is 15.6 Å². The highest BCUT2D eigenvalue weighted by molar-refractivity contribution is 5.88. The van der Waals surface area contributed by atoms with Crippen LogP contribution in [0.4, 0.5) is 25.2 Å². The first-order valence-electron chi connectivity index (χ1n) is 10.9. The number of halogens is 2. The molecule has 2 aliphatic rings. The number of carbonyl (C=O) groups is 1. The number of hydrogen-bond donors (Lipinski definition) is 2. The lowest BCUT2D eigenvalue weighted by Crippen LogP contribution is -2.52. The van der Waals surface area contributed by atoms with Gasteiger partial charge in [-0.05, 0) is 50.1 Å².